The van der Waals surface area contributed by atoms with Crippen molar-refractivity contribution in [2.24, 2.45) is 0 Å². The third-order valence-corrected chi connectivity index (χ3v) is 6.76. The van der Waals surface area contributed by atoms with Gasteiger partial charge in [0.25, 0.3) is 11.7 Å². The van der Waals surface area contributed by atoms with Gasteiger partial charge in [-0.25, -0.2) is 4.98 Å². The van der Waals surface area contributed by atoms with Gasteiger partial charge in [0.2, 0.25) is 0 Å². The highest BCUT2D eigenvalue weighted by atomic mass is 16.3. The minimum absolute atomic E-state index is 0.0436. The van der Waals surface area contributed by atoms with Gasteiger partial charge in [0.1, 0.15) is 11.3 Å². The second kappa shape index (κ2) is 8.79. The number of likely N-dealkylation sites (tertiary alicyclic amines) is 1. The van der Waals surface area contributed by atoms with Crippen LogP contribution in [-0.4, -0.2) is 31.1 Å². The molecule has 0 saturated carbocycles. The Morgan fingerprint density at radius 2 is 1.61 bits per heavy atom. The Hall–Kier alpha value is -4.19. The summed E-state index contributed by atoms with van der Waals surface area (Å²) in [6.07, 6.45) is 1.79. The Balaban J connectivity index is 1.70. The number of hydrogen-bond donors (Lipinski definition) is 1. The molecule has 6 nitrogen and oxygen atoms in total. The monoisotopic (exact) mass is 479 g/mol. The van der Waals surface area contributed by atoms with Crippen LogP contribution in [0.2, 0.25) is 0 Å². The van der Waals surface area contributed by atoms with E-state index in [1.54, 1.807) is 22.4 Å². The van der Waals surface area contributed by atoms with E-state index in [1.807, 2.05) is 72.8 Å². The zero-order chi connectivity index (χ0) is 25.6. The molecular formula is C30H29N3O3. The summed E-state index contributed by atoms with van der Waals surface area (Å²) in [6, 6.07) is 22.3. The highest BCUT2D eigenvalue weighted by Gasteiger charge is 2.46. The molecule has 36 heavy (non-hydrogen) atoms. The molecular weight excluding hydrogens is 450 g/mol. The van der Waals surface area contributed by atoms with E-state index in [9.17, 15) is 14.7 Å². The van der Waals surface area contributed by atoms with Crippen molar-refractivity contribution in [3.63, 3.8) is 0 Å². The molecule has 1 amide bonds. The molecule has 1 saturated heterocycles. The van der Waals surface area contributed by atoms with E-state index in [2.05, 4.69) is 25.8 Å². The van der Waals surface area contributed by atoms with Gasteiger partial charge in [0.05, 0.1) is 17.3 Å². The number of aliphatic hydroxyl groups is 1. The van der Waals surface area contributed by atoms with Crippen LogP contribution in [0.5, 0.6) is 0 Å². The standard InChI is InChI=1S/C30H29N3O3/c1-19-25(32-17-9-8-12-23(32)31-19)27(34)24-26(21-13-15-22(16-14-21)30(2,3)4)33(29(36)28(24)35)18-20-10-6-5-7-11-20/h5-17,26,34H,18H2,1-4H3/b27-24+. The van der Waals surface area contributed by atoms with Crippen LogP contribution in [0.15, 0.2) is 84.6 Å². The van der Waals surface area contributed by atoms with Crippen molar-refractivity contribution in [2.45, 2.75) is 45.7 Å². The number of benzene rings is 2. The number of ketones is 1. The maximum Gasteiger partial charge on any atom is 0.295 e. The van der Waals surface area contributed by atoms with Crippen molar-refractivity contribution in [3.05, 3.63) is 113 Å². The summed E-state index contributed by atoms with van der Waals surface area (Å²) < 4.78 is 1.75. The van der Waals surface area contributed by atoms with Gasteiger partial charge >= 0.3 is 0 Å². The zero-order valence-electron chi connectivity index (χ0n) is 20.9. The molecule has 1 fully saturated rings. The number of nitrogens with zero attached hydrogens (tertiary/aromatic N) is 3. The summed E-state index contributed by atoms with van der Waals surface area (Å²) in [6.45, 7) is 8.44. The molecule has 1 N–H and O–H groups in total. The number of aryl methyl sites for hydroxylation is 1. The Morgan fingerprint density at radius 3 is 2.28 bits per heavy atom. The summed E-state index contributed by atoms with van der Waals surface area (Å²) in [5.74, 6) is -1.54. The topological polar surface area (TPSA) is 74.9 Å². The maximum absolute atomic E-state index is 13.5. The van der Waals surface area contributed by atoms with Crippen molar-refractivity contribution in [1.82, 2.24) is 14.3 Å². The first kappa shape index (κ1) is 23.5. The van der Waals surface area contributed by atoms with Crippen LogP contribution < -0.4 is 0 Å². The normalized spacial score (nSPS) is 17.8. The number of rotatable bonds is 4. The molecule has 1 aliphatic heterocycles. The zero-order valence-corrected chi connectivity index (χ0v) is 20.9. The lowest BCUT2D eigenvalue weighted by Gasteiger charge is -2.26. The van der Waals surface area contributed by atoms with E-state index in [0.717, 1.165) is 16.7 Å². The van der Waals surface area contributed by atoms with E-state index in [-0.39, 0.29) is 23.3 Å². The first-order chi connectivity index (χ1) is 17.2. The third kappa shape index (κ3) is 3.98. The fourth-order valence-corrected chi connectivity index (χ4v) is 4.86. The van der Waals surface area contributed by atoms with Crippen molar-refractivity contribution in [2.75, 3.05) is 0 Å². The molecule has 4 aromatic rings. The van der Waals surface area contributed by atoms with Gasteiger partial charge in [-0.05, 0) is 41.2 Å². The second-order valence-corrected chi connectivity index (χ2v) is 10.3. The smallest absolute Gasteiger partial charge is 0.295 e. The number of aliphatic hydroxyl groups excluding tert-OH is 1. The largest absolute Gasteiger partial charge is 0.505 e. The van der Waals surface area contributed by atoms with E-state index >= 15 is 0 Å². The molecule has 2 aromatic heterocycles. The van der Waals surface area contributed by atoms with Gasteiger partial charge in [0, 0.05) is 12.7 Å². The first-order valence-corrected chi connectivity index (χ1v) is 12.0. The Kier molecular flexibility index (Phi) is 5.75. The number of carbonyl (C=O) groups is 2. The van der Waals surface area contributed by atoms with Crippen LogP contribution in [0.4, 0.5) is 0 Å². The number of amides is 1. The molecule has 2 aromatic carbocycles. The summed E-state index contributed by atoms with van der Waals surface area (Å²) in [5.41, 5.74) is 4.50. The predicted molar refractivity (Wildman–Crippen MR) is 139 cm³/mol. The fraction of sp³-hybridized carbons (Fsp3) is 0.233. The number of imidazole rings is 1. The minimum atomic E-state index is -0.729. The van der Waals surface area contributed by atoms with E-state index in [0.29, 0.717) is 17.0 Å². The molecule has 1 unspecified atom stereocenters. The van der Waals surface area contributed by atoms with Gasteiger partial charge in [-0.15, -0.1) is 0 Å². The molecule has 0 radical (unpaired) electrons. The number of pyridine rings is 1. The van der Waals surface area contributed by atoms with Gasteiger partial charge in [-0.1, -0.05) is 81.4 Å². The van der Waals surface area contributed by atoms with E-state index in [4.69, 9.17) is 0 Å². The molecule has 3 heterocycles. The maximum atomic E-state index is 13.5. The quantitative estimate of drug-likeness (QED) is 0.236. The minimum Gasteiger partial charge on any atom is -0.505 e. The second-order valence-electron chi connectivity index (χ2n) is 10.3. The molecule has 1 aliphatic rings. The average Bonchev–Trinajstić information content (AvgIpc) is 3.32. The van der Waals surface area contributed by atoms with Crippen LogP contribution in [0.3, 0.4) is 0 Å². The van der Waals surface area contributed by atoms with E-state index in [1.165, 1.54) is 0 Å². The highest BCUT2D eigenvalue weighted by molar-refractivity contribution is 6.46. The SMILES string of the molecule is Cc1nc2ccccn2c1/C(O)=C1\C(=O)C(=O)N(Cc2ccccc2)C1c1ccc(C(C)(C)C)cc1. The lowest BCUT2D eigenvalue weighted by Crippen LogP contribution is -2.29. The molecule has 0 bridgehead atoms. The third-order valence-electron chi connectivity index (χ3n) is 6.76. The van der Waals surface area contributed by atoms with Crippen molar-refractivity contribution in [3.8, 4) is 0 Å². The molecule has 6 heteroatoms. The fourth-order valence-electron chi connectivity index (χ4n) is 4.86. The lowest BCUT2D eigenvalue weighted by molar-refractivity contribution is -0.140. The number of fused-ring (bicyclic) bond motifs is 1. The van der Waals surface area contributed by atoms with Crippen LogP contribution >= 0.6 is 0 Å². The van der Waals surface area contributed by atoms with Gasteiger partial charge in [-0.2, -0.15) is 0 Å². The molecule has 1 atom stereocenters. The Labute approximate surface area is 210 Å². The van der Waals surface area contributed by atoms with Crippen LogP contribution in [0.1, 0.15) is 54.9 Å². The predicted octanol–water partition coefficient (Wildman–Crippen LogP) is 5.56. The van der Waals surface area contributed by atoms with Gasteiger partial charge < -0.3 is 10.0 Å². The molecule has 182 valence electrons. The molecule has 0 spiro atoms. The van der Waals surface area contributed by atoms with Crippen LogP contribution in [-0.2, 0) is 21.5 Å². The highest BCUT2D eigenvalue weighted by Crippen LogP contribution is 2.41. The molecule has 0 aliphatic carbocycles. The van der Waals surface area contributed by atoms with Gasteiger partial charge in [0.15, 0.2) is 5.76 Å². The summed E-state index contributed by atoms with van der Waals surface area (Å²) in [5, 5.41) is 11.6. The van der Waals surface area contributed by atoms with Crippen molar-refractivity contribution < 1.29 is 14.7 Å². The van der Waals surface area contributed by atoms with Crippen LogP contribution in [0.25, 0.3) is 11.4 Å². The first-order valence-electron chi connectivity index (χ1n) is 12.0. The average molecular weight is 480 g/mol. The molecule has 5 rings (SSSR count). The van der Waals surface area contributed by atoms with E-state index < -0.39 is 17.7 Å². The summed E-state index contributed by atoms with van der Waals surface area (Å²) >= 11 is 0. The van der Waals surface area contributed by atoms with Crippen molar-refractivity contribution >= 4 is 23.1 Å². The lowest BCUT2D eigenvalue weighted by atomic mass is 9.85. The summed E-state index contributed by atoms with van der Waals surface area (Å²) in [7, 11) is 0. The summed E-state index contributed by atoms with van der Waals surface area (Å²) in [4.78, 5) is 32.9. The Morgan fingerprint density at radius 1 is 0.944 bits per heavy atom. The van der Waals surface area contributed by atoms with Gasteiger partial charge in [-0.3, -0.25) is 14.0 Å². The van der Waals surface area contributed by atoms with Crippen molar-refractivity contribution in [1.29, 1.82) is 0 Å². The van der Waals surface area contributed by atoms with Crippen LogP contribution in [0, 0.1) is 6.92 Å². The number of carbonyl (C=O) groups excluding carboxylic acids is 2. The number of Topliss-reactive ketones (excluding diaryl/α,β-unsaturated/α-hetero) is 1. The number of aromatic nitrogens is 2. The Bertz CT molecular complexity index is 1490. The number of hydrogen-bond acceptors (Lipinski definition) is 4.